The number of aryl methyl sites for hydroxylation is 3. The van der Waals surface area contributed by atoms with Crippen LogP contribution < -0.4 is 45.9 Å². The number of benzene rings is 3. The fourth-order valence-corrected chi connectivity index (χ4v) is 4.27. The summed E-state index contributed by atoms with van der Waals surface area (Å²) >= 11 is 0. The van der Waals surface area contributed by atoms with E-state index in [9.17, 15) is 0 Å². The first kappa shape index (κ1) is 22.0. The molecule has 0 saturated heterocycles. The van der Waals surface area contributed by atoms with E-state index in [-0.39, 0.29) is 29.6 Å². The molecule has 0 unspecified atom stereocenters. The predicted molar refractivity (Wildman–Crippen MR) is 118 cm³/mol. The van der Waals surface area contributed by atoms with Crippen LogP contribution in [0.25, 0.3) is 0 Å². The summed E-state index contributed by atoms with van der Waals surface area (Å²) in [7, 11) is 0. The topological polar surface area (TPSA) is 0 Å². The third-order valence-electron chi connectivity index (χ3n) is 5.93. The van der Waals surface area contributed by atoms with E-state index in [2.05, 4.69) is 100 Å². The van der Waals surface area contributed by atoms with E-state index in [0.29, 0.717) is 0 Å². The Morgan fingerprint density at radius 3 is 1.11 bits per heavy atom. The molecule has 0 aliphatic heterocycles. The SMILES string of the molecule is CCCC[B-](c1ccc(C)cc1)(c1ccc(C)cc1)c1ccc(C)cc1.[Na+]. The molecule has 0 atom stereocenters. The summed E-state index contributed by atoms with van der Waals surface area (Å²) in [5.74, 6) is 0. The Labute approximate surface area is 187 Å². The van der Waals surface area contributed by atoms with Crippen molar-refractivity contribution in [2.45, 2.75) is 46.9 Å². The van der Waals surface area contributed by atoms with Crippen LogP contribution in [-0.2, 0) is 0 Å². The van der Waals surface area contributed by atoms with Gasteiger partial charge in [-0.3, -0.25) is 0 Å². The van der Waals surface area contributed by atoms with Crippen molar-refractivity contribution in [1.82, 2.24) is 0 Å². The van der Waals surface area contributed by atoms with Gasteiger partial charge in [0.05, 0.1) is 6.15 Å². The van der Waals surface area contributed by atoms with Gasteiger partial charge in [-0.25, -0.2) is 0 Å². The summed E-state index contributed by atoms with van der Waals surface area (Å²) in [5, 5.41) is 0. The van der Waals surface area contributed by atoms with Crippen molar-refractivity contribution in [3.8, 4) is 0 Å². The number of rotatable bonds is 6. The quantitative estimate of drug-likeness (QED) is 0.586. The van der Waals surface area contributed by atoms with Crippen LogP contribution in [0.15, 0.2) is 72.8 Å². The van der Waals surface area contributed by atoms with Gasteiger partial charge in [-0.05, 0) is 20.8 Å². The maximum Gasteiger partial charge on any atom is 1.00 e. The van der Waals surface area contributed by atoms with Crippen molar-refractivity contribution in [2.75, 3.05) is 0 Å². The van der Waals surface area contributed by atoms with Gasteiger partial charge in [0.1, 0.15) is 0 Å². The Morgan fingerprint density at radius 2 is 0.852 bits per heavy atom. The minimum atomic E-state index is -0.957. The normalized spacial score (nSPS) is 11.1. The van der Waals surface area contributed by atoms with E-state index < -0.39 is 6.15 Å². The van der Waals surface area contributed by atoms with E-state index >= 15 is 0 Å². The predicted octanol–water partition coefficient (Wildman–Crippen LogP) is 1.89. The molecule has 0 amide bonds. The molecular formula is C25H30BNa. The second-order valence-corrected chi connectivity index (χ2v) is 7.92. The minimum absolute atomic E-state index is 0. The van der Waals surface area contributed by atoms with Crippen molar-refractivity contribution < 1.29 is 29.6 Å². The molecule has 0 nitrogen and oxygen atoms in total. The van der Waals surface area contributed by atoms with Crippen molar-refractivity contribution in [3.05, 3.63) is 89.5 Å². The molecule has 2 heteroatoms. The Morgan fingerprint density at radius 1 is 0.556 bits per heavy atom. The van der Waals surface area contributed by atoms with Gasteiger partial charge >= 0.3 is 29.6 Å². The van der Waals surface area contributed by atoms with Crippen molar-refractivity contribution >= 4 is 22.5 Å². The van der Waals surface area contributed by atoms with E-state index in [1.165, 1.54) is 52.2 Å². The summed E-state index contributed by atoms with van der Waals surface area (Å²) in [6.07, 6.45) is 2.68. The molecule has 3 rings (SSSR count). The Hall–Kier alpha value is -1.28. The molecule has 0 radical (unpaired) electrons. The Kier molecular flexibility index (Phi) is 7.97. The molecule has 0 saturated carbocycles. The van der Waals surface area contributed by atoms with Crippen molar-refractivity contribution in [3.63, 3.8) is 0 Å². The second kappa shape index (κ2) is 9.78. The maximum absolute atomic E-state index is 2.35. The van der Waals surface area contributed by atoms with E-state index in [4.69, 9.17) is 0 Å². The molecule has 0 bridgehead atoms. The fourth-order valence-electron chi connectivity index (χ4n) is 4.27. The van der Waals surface area contributed by atoms with E-state index in [1.54, 1.807) is 0 Å². The van der Waals surface area contributed by atoms with Gasteiger partial charge in [0.15, 0.2) is 0 Å². The van der Waals surface area contributed by atoms with Crippen LogP contribution >= 0.6 is 0 Å². The molecule has 0 fully saturated rings. The zero-order valence-electron chi connectivity index (χ0n) is 17.6. The first-order chi connectivity index (χ1) is 12.6. The third kappa shape index (κ3) is 4.77. The van der Waals surface area contributed by atoms with Gasteiger partial charge < -0.3 is 0 Å². The molecule has 3 aromatic rings. The van der Waals surface area contributed by atoms with Crippen molar-refractivity contribution in [2.24, 2.45) is 0 Å². The Bertz CT molecular complexity index is 722. The molecule has 0 aliphatic rings. The van der Waals surface area contributed by atoms with Gasteiger partial charge in [0.2, 0.25) is 0 Å². The molecule has 3 aromatic carbocycles. The van der Waals surface area contributed by atoms with Crippen LogP contribution in [0.1, 0.15) is 36.5 Å². The van der Waals surface area contributed by atoms with E-state index in [1.807, 2.05) is 0 Å². The van der Waals surface area contributed by atoms with Crippen molar-refractivity contribution in [1.29, 1.82) is 0 Å². The molecule has 0 aliphatic carbocycles. The molecule has 0 aromatic heterocycles. The largest absolute Gasteiger partial charge is 1.00 e. The van der Waals surface area contributed by atoms with Gasteiger partial charge in [-0.1, -0.05) is 109 Å². The van der Waals surface area contributed by atoms with Gasteiger partial charge in [-0.15, -0.1) is 0 Å². The monoisotopic (exact) mass is 364 g/mol. The van der Waals surface area contributed by atoms with Gasteiger partial charge in [0, 0.05) is 0 Å². The van der Waals surface area contributed by atoms with Gasteiger partial charge in [0.25, 0.3) is 0 Å². The third-order valence-corrected chi connectivity index (χ3v) is 5.93. The molecule has 0 spiro atoms. The van der Waals surface area contributed by atoms with E-state index in [0.717, 1.165) is 0 Å². The van der Waals surface area contributed by atoms with Crippen LogP contribution in [0.3, 0.4) is 0 Å². The number of unbranched alkanes of at least 4 members (excludes halogenated alkanes) is 1. The summed E-state index contributed by atoms with van der Waals surface area (Å²) in [6, 6.07) is 27.7. The van der Waals surface area contributed by atoms with Crippen LogP contribution in [0.5, 0.6) is 0 Å². The first-order valence-corrected chi connectivity index (χ1v) is 9.95. The molecule has 134 valence electrons. The van der Waals surface area contributed by atoms with Crippen LogP contribution in [0.2, 0.25) is 6.32 Å². The maximum atomic E-state index is 2.35. The average molecular weight is 364 g/mol. The minimum Gasteiger partial charge on any atom is -0.200 e. The molecule has 0 N–H and O–H groups in total. The molecule has 0 heterocycles. The molecular weight excluding hydrogens is 334 g/mol. The summed E-state index contributed by atoms with van der Waals surface area (Å²) in [5.41, 5.74) is 8.33. The first-order valence-electron chi connectivity index (χ1n) is 9.95. The van der Waals surface area contributed by atoms with Crippen LogP contribution in [-0.4, -0.2) is 6.15 Å². The Balaban J connectivity index is 0.00000261. The second-order valence-electron chi connectivity index (χ2n) is 7.92. The standard InChI is InChI=1S/C25H30B.Na/c1-5-6-19-26(23-13-7-20(2)8-14-23,24-15-9-21(3)10-16-24)25-17-11-22(4)12-18-25;/h7-18H,5-6,19H2,1-4H3;/q-1;+1. The average Bonchev–Trinajstić information content (AvgIpc) is 2.66. The number of hydrogen-bond acceptors (Lipinski definition) is 0. The molecule has 27 heavy (non-hydrogen) atoms. The van der Waals surface area contributed by atoms with Crippen LogP contribution in [0.4, 0.5) is 0 Å². The van der Waals surface area contributed by atoms with Crippen LogP contribution in [0, 0.1) is 20.8 Å². The zero-order chi connectivity index (χ0) is 18.6. The summed E-state index contributed by atoms with van der Waals surface area (Å²) in [4.78, 5) is 0. The zero-order valence-corrected chi connectivity index (χ0v) is 19.6. The smallest absolute Gasteiger partial charge is 0.200 e. The number of hydrogen-bond donors (Lipinski definition) is 0. The summed E-state index contributed by atoms with van der Waals surface area (Å²) < 4.78 is 0. The van der Waals surface area contributed by atoms with Gasteiger partial charge in [-0.2, -0.15) is 22.7 Å². The summed E-state index contributed by atoms with van der Waals surface area (Å²) in [6.45, 7) is 8.80. The fraction of sp³-hybridized carbons (Fsp3) is 0.280.